The van der Waals surface area contributed by atoms with Gasteiger partial charge in [0, 0.05) is 12.1 Å². The van der Waals surface area contributed by atoms with E-state index in [-0.39, 0.29) is 11.6 Å². The second kappa shape index (κ2) is 5.86. The summed E-state index contributed by atoms with van der Waals surface area (Å²) in [6.07, 6.45) is 0.940. The molecule has 84 valence electrons. The van der Waals surface area contributed by atoms with E-state index in [9.17, 15) is 4.79 Å². The van der Waals surface area contributed by atoms with Crippen molar-refractivity contribution in [2.45, 2.75) is 39.7 Å². The number of nitrogens with one attached hydrogen (secondary N) is 2. The Bertz CT molecular complexity index is 175. The molecular weight excluding hydrogens is 178 g/mol. The molecule has 4 nitrogen and oxygen atoms in total. The minimum Gasteiger partial charge on any atom is -0.338 e. The lowest BCUT2D eigenvalue weighted by Gasteiger charge is -2.21. The molecule has 0 aliphatic heterocycles. The van der Waals surface area contributed by atoms with E-state index in [1.807, 2.05) is 20.8 Å². The van der Waals surface area contributed by atoms with Crippen molar-refractivity contribution in [2.75, 3.05) is 13.1 Å². The summed E-state index contributed by atoms with van der Waals surface area (Å²) in [6.45, 7) is 9.29. The third-order valence-electron chi connectivity index (χ3n) is 1.76. The highest BCUT2D eigenvalue weighted by Gasteiger charge is 2.13. The summed E-state index contributed by atoms with van der Waals surface area (Å²) in [5.41, 5.74) is 5.23. The number of carbonyl (C=O) groups excluding carboxylic acids is 1. The third-order valence-corrected chi connectivity index (χ3v) is 1.76. The standard InChI is InChI=1S/C10H23N3O/c1-8(5-6-11)7-12-9(14)13-10(2,3)4/h8H,5-7,11H2,1-4H3,(H2,12,13,14). The van der Waals surface area contributed by atoms with Gasteiger partial charge in [0.15, 0.2) is 0 Å². The topological polar surface area (TPSA) is 67.1 Å². The van der Waals surface area contributed by atoms with Gasteiger partial charge in [-0.2, -0.15) is 0 Å². The van der Waals surface area contributed by atoms with E-state index in [1.54, 1.807) is 0 Å². The van der Waals surface area contributed by atoms with Crippen molar-refractivity contribution in [1.82, 2.24) is 10.6 Å². The van der Waals surface area contributed by atoms with E-state index in [1.165, 1.54) is 0 Å². The number of hydrogen-bond acceptors (Lipinski definition) is 2. The van der Waals surface area contributed by atoms with Gasteiger partial charge in [0.1, 0.15) is 0 Å². The summed E-state index contributed by atoms with van der Waals surface area (Å²) in [5, 5.41) is 5.65. The minimum absolute atomic E-state index is 0.110. The van der Waals surface area contributed by atoms with E-state index >= 15 is 0 Å². The van der Waals surface area contributed by atoms with Crippen LogP contribution < -0.4 is 16.4 Å². The largest absolute Gasteiger partial charge is 0.338 e. The maximum Gasteiger partial charge on any atom is 0.315 e. The molecule has 4 heteroatoms. The van der Waals surface area contributed by atoms with Crippen molar-refractivity contribution in [2.24, 2.45) is 11.7 Å². The first-order valence-corrected chi connectivity index (χ1v) is 5.11. The fourth-order valence-corrected chi connectivity index (χ4v) is 1.04. The van der Waals surface area contributed by atoms with Crippen LogP contribution in [-0.4, -0.2) is 24.7 Å². The average Bonchev–Trinajstić information content (AvgIpc) is 1.98. The second-order valence-corrected chi connectivity index (χ2v) is 4.77. The summed E-state index contributed by atoms with van der Waals surface area (Å²) in [4.78, 5) is 11.3. The van der Waals surface area contributed by atoms with Gasteiger partial charge in [-0.15, -0.1) is 0 Å². The van der Waals surface area contributed by atoms with Crippen LogP contribution in [0.1, 0.15) is 34.1 Å². The summed E-state index contributed by atoms with van der Waals surface area (Å²) in [6, 6.07) is -0.110. The van der Waals surface area contributed by atoms with Gasteiger partial charge in [-0.05, 0) is 39.7 Å². The number of nitrogens with two attached hydrogens (primary N) is 1. The van der Waals surface area contributed by atoms with Crippen molar-refractivity contribution in [3.05, 3.63) is 0 Å². The zero-order valence-electron chi connectivity index (χ0n) is 9.68. The SMILES string of the molecule is CC(CCN)CNC(=O)NC(C)(C)C. The van der Waals surface area contributed by atoms with Crippen molar-refractivity contribution < 1.29 is 4.79 Å². The van der Waals surface area contributed by atoms with E-state index in [0.717, 1.165) is 6.42 Å². The predicted octanol–water partition coefficient (Wildman–Crippen LogP) is 1.07. The molecule has 0 saturated heterocycles. The zero-order chi connectivity index (χ0) is 11.2. The molecule has 0 aromatic carbocycles. The lowest BCUT2D eigenvalue weighted by Crippen LogP contribution is -2.47. The average molecular weight is 201 g/mol. The first-order chi connectivity index (χ1) is 6.35. The van der Waals surface area contributed by atoms with Crippen LogP contribution in [-0.2, 0) is 0 Å². The van der Waals surface area contributed by atoms with Gasteiger partial charge in [-0.1, -0.05) is 6.92 Å². The highest BCUT2D eigenvalue weighted by atomic mass is 16.2. The number of hydrogen-bond donors (Lipinski definition) is 3. The van der Waals surface area contributed by atoms with Crippen molar-refractivity contribution >= 4 is 6.03 Å². The molecule has 0 aliphatic carbocycles. The molecule has 0 fully saturated rings. The Balaban J connectivity index is 3.64. The molecule has 2 amide bonds. The Morgan fingerprint density at radius 2 is 2.00 bits per heavy atom. The Hall–Kier alpha value is -0.770. The predicted molar refractivity (Wildman–Crippen MR) is 59.1 cm³/mol. The summed E-state index contributed by atoms with van der Waals surface area (Å²) < 4.78 is 0. The number of carbonyl (C=O) groups is 1. The van der Waals surface area contributed by atoms with E-state index in [0.29, 0.717) is 19.0 Å². The van der Waals surface area contributed by atoms with Crippen molar-refractivity contribution in [3.63, 3.8) is 0 Å². The van der Waals surface area contributed by atoms with E-state index in [2.05, 4.69) is 17.6 Å². The molecule has 0 radical (unpaired) electrons. The van der Waals surface area contributed by atoms with Crippen molar-refractivity contribution in [1.29, 1.82) is 0 Å². The summed E-state index contributed by atoms with van der Waals surface area (Å²) in [7, 11) is 0. The molecule has 0 rings (SSSR count). The molecule has 1 atom stereocenters. The monoisotopic (exact) mass is 201 g/mol. The molecule has 0 aromatic rings. The summed E-state index contributed by atoms with van der Waals surface area (Å²) >= 11 is 0. The van der Waals surface area contributed by atoms with Gasteiger partial charge in [-0.3, -0.25) is 0 Å². The van der Waals surface area contributed by atoms with Crippen LogP contribution in [0.15, 0.2) is 0 Å². The quantitative estimate of drug-likeness (QED) is 0.637. The molecule has 0 aliphatic rings. The highest BCUT2D eigenvalue weighted by Crippen LogP contribution is 1.99. The number of urea groups is 1. The minimum atomic E-state index is -0.179. The molecule has 0 aromatic heterocycles. The first-order valence-electron chi connectivity index (χ1n) is 5.11. The fourth-order valence-electron chi connectivity index (χ4n) is 1.04. The zero-order valence-corrected chi connectivity index (χ0v) is 9.68. The molecule has 0 bridgehead atoms. The molecule has 0 heterocycles. The van der Waals surface area contributed by atoms with Gasteiger partial charge in [0.05, 0.1) is 0 Å². The molecule has 14 heavy (non-hydrogen) atoms. The van der Waals surface area contributed by atoms with Crippen LogP contribution in [0.4, 0.5) is 4.79 Å². The molecule has 1 unspecified atom stereocenters. The molecule has 0 spiro atoms. The maximum atomic E-state index is 11.3. The van der Waals surface area contributed by atoms with Crippen LogP contribution in [0, 0.1) is 5.92 Å². The van der Waals surface area contributed by atoms with Gasteiger partial charge < -0.3 is 16.4 Å². The number of rotatable bonds is 4. The van der Waals surface area contributed by atoms with Gasteiger partial charge >= 0.3 is 6.03 Å². The van der Waals surface area contributed by atoms with Crippen molar-refractivity contribution in [3.8, 4) is 0 Å². The van der Waals surface area contributed by atoms with Gasteiger partial charge in [-0.25, -0.2) is 4.79 Å². The first kappa shape index (κ1) is 13.2. The van der Waals surface area contributed by atoms with Gasteiger partial charge in [0.25, 0.3) is 0 Å². The fraction of sp³-hybridized carbons (Fsp3) is 0.900. The Kier molecular flexibility index (Phi) is 5.53. The molecule has 4 N–H and O–H groups in total. The van der Waals surface area contributed by atoms with Crippen LogP contribution in [0.3, 0.4) is 0 Å². The van der Waals surface area contributed by atoms with E-state index in [4.69, 9.17) is 5.73 Å². The number of amides is 2. The van der Waals surface area contributed by atoms with Gasteiger partial charge in [0.2, 0.25) is 0 Å². The molecular formula is C10H23N3O. The van der Waals surface area contributed by atoms with Crippen LogP contribution >= 0.6 is 0 Å². The lowest BCUT2D eigenvalue weighted by atomic mass is 10.1. The maximum absolute atomic E-state index is 11.3. The molecule has 0 saturated carbocycles. The normalized spacial score (nSPS) is 13.5. The lowest BCUT2D eigenvalue weighted by molar-refractivity contribution is 0.230. The Morgan fingerprint density at radius 3 is 2.43 bits per heavy atom. The van der Waals surface area contributed by atoms with Crippen LogP contribution in [0.25, 0.3) is 0 Å². The highest BCUT2D eigenvalue weighted by molar-refractivity contribution is 5.74. The van der Waals surface area contributed by atoms with Crippen LogP contribution in [0.5, 0.6) is 0 Å². The Morgan fingerprint density at radius 1 is 1.43 bits per heavy atom. The van der Waals surface area contributed by atoms with E-state index < -0.39 is 0 Å². The third kappa shape index (κ3) is 7.86. The summed E-state index contributed by atoms with van der Waals surface area (Å²) in [5.74, 6) is 0.436. The van der Waals surface area contributed by atoms with Crippen LogP contribution in [0.2, 0.25) is 0 Å². The Labute approximate surface area is 86.6 Å². The smallest absolute Gasteiger partial charge is 0.315 e. The second-order valence-electron chi connectivity index (χ2n) is 4.77.